The molecule has 0 spiro atoms. The second-order valence-corrected chi connectivity index (χ2v) is 4.82. The zero-order chi connectivity index (χ0) is 10.9. The lowest BCUT2D eigenvalue weighted by Gasteiger charge is -2.10. The van der Waals surface area contributed by atoms with Gasteiger partial charge in [0.25, 0.3) is 0 Å². The van der Waals surface area contributed by atoms with Gasteiger partial charge in [-0.2, -0.15) is 0 Å². The first-order valence-electron chi connectivity index (χ1n) is 3.51. The second-order valence-electron chi connectivity index (χ2n) is 2.58. The number of alkyl halides is 3. The zero-order valence-corrected chi connectivity index (χ0v) is 11.3. The standard InChI is InChI=1S/C8H5F3I2O/c1-4-2-5(14-8(9,10)11)3-6(12)7(4)13/h2-3H,1H3. The highest BCUT2D eigenvalue weighted by Crippen LogP contribution is 2.28. The maximum atomic E-state index is 11.9. The van der Waals surface area contributed by atoms with E-state index in [-0.39, 0.29) is 5.75 Å². The number of rotatable bonds is 1. The van der Waals surface area contributed by atoms with Gasteiger partial charge in [0.05, 0.1) is 0 Å². The second kappa shape index (κ2) is 4.42. The first-order valence-corrected chi connectivity index (χ1v) is 5.67. The van der Waals surface area contributed by atoms with Crippen LogP contribution >= 0.6 is 45.2 Å². The van der Waals surface area contributed by atoms with Crippen molar-refractivity contribution in [2.75, 3.05) is 0 Å². The summed E-state index contributed by atoms with van der Waals surface area (Å²) in [6.07, 6.45) is -4.62. The van der Waals surface area contributed by atoms with Gasteiger partial charge in [-0.15, -0.1) is 13.2 Å². The van der Waals surface area contributed by atoms with Crippen molar-refractivity contribution >= 4 is 45.2 Å². The Bertz CT molecular complexity index is 326. The maximum absolute atomic E-state index is 11.9. The molecule has 78 valence electrons. The Hall–Kier alpha value is 0.270. The van der Waals surface area contributed by atoms with E-state index >= 15 is 0 Å². The van der Waals surface area contributed by atoms with E-state index in [9.17, 15) is 13.2 Å². The number of hydrogen-bond donors (Lipinski definition) is 0. The molecule has 0 aliphatic carbocycles. The third kappa shape index (κ3) is 3.44. The molecule has 1 aromatic rings. The number of halogens is 5. The van der Waals surface area contributed by atoms with Crippen LogP contribution in [0.1, 0.15) is 5.56 Å². The summed E-state index contributed by atoms with van der Waals surface area (Å²) in [4.78, 5) is 0. The average Bonchev–Trinajstić information content (AvgIpc) is 1.96. The van der Waals surface area contributed by atoms with Crippen LogP contribution in [-0.4, -0.2) is 6.36 Å². The van der Waals surface area contributed by atoms with Gasteiger partial charge in [-0.3, -0.25) is 0 Å². The molecule has 0 aliphatic rings. The van der Waals surface area contributed by atoms with Crippen LogP contribution in [0.3, 0.4) is 0 Å². The Balaban J connectivity index is 3.02. The number of benzene rings is 1. The smallest absolute Gasteiger partial charge is 0.406 e. The Kier molecular flexibility index (Phi) is 3.89. The first kappa shape index (κ1) is 12.3. The largest absolute Gasteiger partial charge is 0.573 e. The minimum absolute atomic E-state index is 0.167. The summed E-state index contributed by atoms with van der Waals surface area (Å²) in [6.45, 7) is 1.74. The molecule has 1 rings (SSSR count). The molecule has 0 atom stereocenters. The molecule has 14 heavy (non-hydrogen) atoms. The van der Waals surface area contributed by atoms with Crippen LogP contribution in [0.25, 0.3) is 0 Å². The fourth-order valence-corrected chi connectivity index (χ4v) is 1.93. The molecule has 0 heterocycles. The summed E-state index contributed by atoms with van der Waals surface area (Å²) in [5.74, 6) is -0.167. The lowest BCUT2D eigenvalue weighted by atomic mass is 10.2. The third-order valence-electron chi connectivity index (χ3n) is 1.42. The van der Waals surface area contributed by atoms with E-state index < -0.39 is 6.36 Å². The number of hydrogen-bond acceptors (Lipinski definition) is 1. The first-order chi connectivity index (χ1) is 6.29. The highest BCUT2D eigenvalue weighted by molar-refractivity contribution is 14.1. The molecular formula is C8H5F3I2O. The normalized spacial score (nSPS) is 11.6. The van der Waals surface area contributed by atoms with Crippen LogP contribution in [0.2, 0.25) is 0 Å². The summed E-state index contributed by atoms with van der Waals surface area (Å²) < 4.78 is 41.1. The highest BCUT2D eigenvalue weighted by Gasteiger charge is 2.31. The van der Waals surface area contributed by atoms with Gasteiger partial charge in [0, 0.05) is 7.14 Å². The molecule has 0 aliphatic heterocycles. The SMILES string of the molecule is Cc1cc(OC(F)(F)F)cc(I)c1I. The lowest BCUT2D eigenvalue weighted by Crippen LogP contribution is -2.17. The van der Waals surface area contributed by atoms with Crippen molar-refractivity contribution in [1.29, 1.82) is 0 Å². The van der Waals surface area contributed by atoms with E-state index in [1.165, 1.54) is 12.1 Å². The monoisotopic (exact) mass is 428 g/mol. The molecule has 6 heteroatoms. The van der Waals surface area contributed by atoms with Gasteiger partial charge in [0.1, 0.15) is 5.75 Å². The summed E-state index contributed by atoms with van der Waals surface area (Å²) >= 11 is 4.05. The van der Waals surface area contributed by atoms with Crippen molar-refractivity contribution in [1.82, 2.24) is 0 Å². The van der Waals surface area contributed by atoms with E-state index in [1.807, 2.05) is 22.6 Å². The van der Waals surface area contributed by atoms with Crippen molar-refractivity contribution < 1.29 is 17.9 Å². The Morgan fingerprint density at radius 2 is 1.79 bits per heavy atom. The van der Waals surface area contributed by atoms with Crippen LogP contribution < -0.4 is 4.74 Å². The predicted molar refractivity (Wildman–Crippen MR) is 63.3 cm³/mol. The minimum Gasteiger partial charge on any atom is -0.406 e. The molecule has 0 amide bonds. The summed E-state index contributed by atoms with van der Waals surface area (Å²) in [7, 11) is 0. The van der Waals surface area contributed by atoms with E-state index in [0.29, 0.717) is 0 Å². The van der Waals surface area contributed by atoms with Crippen molar-refractivity contribution in [2.45, 2.75) is 13.3 Å². The summed E-state index contributed by atoms with van der Waals surface area (Å²) in [5, 5.41) is 0. The lowest BCUT2D eigenvalue weighted by molar-refractivity contribution is -0.274. The molecular weight excluding hydrogens is 423 g/mol. The van der Waals surface area contributed by atoms with Crippen LogP contribution in [0.4, 0.5) is 13.2 Å². The van der Waals surface area contributed by atoms with Crippen LogP contribution in [0.5, 0.6) is 5.75 Å². The third-order valence-corrected chi connectivity index (χ3v) is 4.73. The Morgan fingerprint density at radius 1 is 1.21 bits per heavy atom. The Labute approximate surface area is 106 Å². The maximum Gasteiger partial charge on any atom is 0.573 e. The predicted octanol–water partition coefficient (Wildman–Crippen LogP) is 4.10. The van der Waals surface area contributed by atoms with Gasteiger partial charge in [0.2, 0.25) is 0 Å². The van der Waals surface area contributed by atoms with Crippen LogP contribution in [0, 0.1) is 14.1 Å². The zero-order valence-electron chi connectivity index (χ0n) is 6.95. The quantitative estimate of drug-likeness (QED) is 0.613. The highest BCUT2D eigenvalue weighted by atomic mass is 127. The van der Waals surface area contributed by atoms with Gasteiger partial charge < -0.3 is 4.74 Å². The fraction of sp³-hybridized carbons (Fsp3) is 0.250. The molecule has 0 N–H and O–H groups in total. The molecule has 1 nitrogen and oxygen atoms in total. The van der Waals surface area contributed by atoms with Crippen molar-refractivity contribution in [3.8, 4) is 5.75 Å². The van der Waals surface area contributed by atoms with Gasteiger partial charge >= 0.3 is 6.36 Å². The van der Waals surface area contributed by atoms with Crippen LogP contribution in [0.15, 0.2) is 12.1 Å². The summed E-state index contributed by atoms with van der Waals surface area (Å²) in [6, 6.07) is 2.74. The van der Waals surface area contributed by atoms with Crippen molar-refractivity contribution in [3.63, 3.8) is 0 Å². The van der Waals surface area contributed by atoms with Gasteiger partial charge in [-0.05, 0) is 69.8 Å². The topological polar surface area (TPSA) is 9.23 Å². The molecule has 0 radical (unpaired) electrons. The van der Waals surface area contributed by atoms with Crippen LogP contribution in [-0.2, 0) is 0 Å². The van der Waals surface area contributed by atoms with E-state index in [0.717, 1.165) is 12.7 Å². The van der Waals surface area contributed by atoms with E-state index in [4.69, 9.17) is 0 Å². The Morgan fingerprint density at radius 3 is 2.21 bits per heavy atom. The van der Waals surface area contributed by atoms with E-state index in [2.05, 4.69) is 27.3 Å². The molecule has 0 fully saturated rings. The van der Waals surface area contributed by atoms with Crippen molar-refractivity contribution in [2.24, 2.45) is 0 Å². The summed E-state index contributed by atoms with van der Waals surface area (Å²) in [5.41, 5.74) is 0.775. The fourth-order valence-electron chi connectivity index (χ4n) is 0.888. The van der Waals surface area contributed by atoms with Gasteiger partial charge in [0.15, 0.2) is 0 Å². The minimum atomic E-state index is -4.62. The molecule has 0 unspecified atom stereocenters. The number of ether oxygens (including phenoxy) is 1. The molecule has 0 saturated carbocycles. The van der Waals surface area contributed by atoms with E-state index in [1.54, 1.807) is 6.92 Å². The molecule has 0 bridgehead atoms. The van der Waals surface area contributed by atoms with Gasteiger partial charge in [-0.25, -0.2) is 0 Å². The van der Waals surface area contributed by atoms with Crippen molar-refractivity contribution in [3.05, 3.63) is 24.8 Å². The number of aryl methyl sites for hydroxylation is 1. The molecule has 1 aromatic carbocycles. The van der Waals surface area contributed by atoms with Gasteiger partial charge in [-0.1, -0.05) is 0 Å². The molecule has 0 saturated heterocycles. The molecule has 0 aromatic heterocycles. The average molecular weight is 428 g/mol.